The van der Waals surface area contributed by atoms with E-state index in [9.17, 15) is 0 Å². The predicted octanol–water partition coefficient (Wildman–Crippen LogP) is 2.92. The van der Waals surface area contributed by atoms with E-state index < -0.39 is 0 Å². The summed E-state index contributed by atoms with van der Waals surface area (Å²) in [5.74, 6) is 2.08. The van der Waals surface area contributed by atoms with Gasteiger partial charge in [0.2, 0.25) is 5.89 Å². The highest BCUT2D eigenvalue weighted by molar-refractivity contribution is 14.0. The average molecular weight is 478 g/mol. The second kappa shape index (κ2) is 11.7. The second-order valence-corrected chi connectivity index (χ2v) is 7.73. The highest BCUT2D eigenvalue weighted by Crippen LogP contribution is 2.19. The Morgan fingerprint density at radius 3 is 2.42 bits per heavy atom. The van der Waals surface area contributed by atoms with Crippen LogP contribution in [0.25, 0.3) is 0 Å². The minimum atomic E-state index is -0.126. The van der Waals surface area contributed by atoms with Gasteiger partial charge in [-0.3, -0.25) is 4.99 Å². The third-order valence-corrected chi connectivity index (χ3v) is 4.39. The predicted molar refractivity (Wildman–Crippen MR) is 116 cm³/mol. The van der Waals surface area contributed by atoms with Crippen molar-refractivity contribution in [1.29, 1.82) is 0 Å². The van der Waals surface area contributed by atoms with E-state index in [1.165, 1.54) is 38.8 Å². The number of aliphatic imine (C=N–C) groups is 1. The van der Waals surface area contributed by atoms with E-state index in [-0.39, 0.29) is 29.4 Å². The molecule has 150 valence electrons. The first-order chi connectivity index (χ1) is 12.0. The van der Waals surface area contributed by atoms with Gasteiger partial charge in [-0.25, -0.2) is 0 Å². The van der Waals surface area contributed by atoms with E-state index in [4.69, 9.17) is 4.52 Å². The van der Waals surface area contributed by atoms with Gasteiger partial charge >= 0.3 is 0 Å². The second-order valence-electron chi connectivity index (χ2n) is 7.73. The van der Waals surface area contributed by atoms with Crippen LogP contribution >= 0.6 is 24.0 Å². The molecular formula is C18H35IN6O. The molecule has 0 aliphatic carbocycles. The fourth-order valence-corrected chi connectivity index (χ4v) is 2.88. The Morgan fingerprint density at radius 1 is 1.15 bits per heavy atom. The molecule has 0 atom stereocenters. The molecule has 26 heavy (non-hydrogen) atoms. The molecule has 0 unspecified atom stereocenters. The number of halogens is 1. The number of nitrogens with zero attached hydrogens (tertiary/aromatic N) is 4. The van der Waals surface area contributed by atoms with Crippen LogP contribution in [0, 0.1) is 0 Å². The lowest BCUT2D eigenvalue weighted by Gasteiger charge is -2.20. The summed E-state index contributed by atoms with van der Waals surface area (Å²) in [5.41, 5.74) is -0.126. The first-order valence-electron chi connectivity index (χ1n) is 9.49. The minimum Gasteiger partial charge on any atom is -0.356 e. The lowest BCUT2D eigenvalue weighted by molar-refractivity contribution is 0.282. The average Bonchev–Trinajstić information content (AvgIpc) is 2.91. The third kappa shape index (κ3) is 8.20. The fourth-order valence-electron chi connectivity index (χ4n) is 2.88. The number of hydrogen-bond donors (Lipinski definition) is 2. The van der Waals surface area contributed by atoms with E-state index in [0.29, 0.717) is 18.3 Å². The summed E-state index contributed by atoms with van der Waals surface area (Å²) in [4.78, 5) is 11.3. The Balaban J connectivity index is 0.00000338. The largest absolute Gasteiger partial charge is 0.356 e. The van der Waals surface area contributed by atoms with Crippen molar-refractivity contribution >= 4 is 29.9 Å². The Hall–Kier alpha value is -0.900. The van der Waals surface area contributed by atoms with Crippen molar-refractivity contribution in [2.75, 3.05) is 33.2 Å². The molecule has 7 nitrogen and oxygen atoms in total. The van der Waals surface area contributed by atoms with E-state index in [2.05, 4.69) is 51.4 Å². The van der Waals surface area contributed by atoms with Crippen LogP contribution in [0.2, 0.25) is 0 Å². The zero-order chi connectivity index (χ0) is 18.1. The zero-order valence-corrected chi connectivity index (χ0v) is 19.0. The van der Waals surface area contributed by atoms with Gasteiger partial charge in [-0.15, -0.1) is 24.0 Å². The molecule has 2 heterocycles. The molecule has 1 fully saturated rings. The maximum atomic E-state index is 5.30. The van der Waals surface area contributed by atoms with Crippen molar-refractivity contribution in [3.05, 3.63) is 11.7 Å². The molecular weight excluding hydrogens is 443 g/mol. The van der Waals surface area contributed by atoms with Crippen molar-refractivity contribution in [3.63, 3.8) is 0 Å². The van der Waals surface area contributed by atoms with Crippen LogP contribution in [0.15, 0.2) is 9.52 Å². The van der Waals surface area contributed by atoms with Crippen LogP contribution in [0.3, 0.4) is 0 Å². The minimum absolute atomic E-state index is 0. The highest BCUT2D eigenvalue weighted by atomic mass is 127. The first kappa shape index (κ1) is 23.1. The highest BCUT2D eigenvalue weighted by Gasteiger charge is 2.21. The van der Waals surface area contributed by atoms with Gasteiger partial charge in [-0.1, -0.05) is 38.8 Å². The van der Waals surface area contributed by atoms with Gasteiger partial charge in [-0.2, -0.15) is 4.98 Å². The fraction of sp³-hybridized carbons (Fsp3) is 0.833. The molecule has 1 aliphatic rings. The van der Waals surface area contributed by atoms with Crippen LogP contribution in [0.4, 0.5) is 0 Å². The van der Waals surface area contributed by atoms with Gasteiger partial charge < -0.3 is 20.1 Å². The van der Waals surface area contributed by atoms with Gasteiger partial charge in [0.05, 0.1) is 6.54 Å². The Morgan fingerprint density at radius 2 is 1.85 bits per heavy atom. The Kier molecular flexibility index (Phi) is 10.4. The molecule has 1 aromatic heterocycles. The van der Waals surface area contributed by atoms with Crippen molar-refractivity contribution in [1.82, 2.24) is 25.7 Å². The van der Waals surface area contributed by atoms with Gasteiger partial charge in [0.15, 0.2) is 11.8 Å². The van der Waals surface area contributed by atoms with E-state index >= 15 is 0 Å². The van der Waals surface area contributed by atoms with Crippen molar-refractivity contribution in [2.45, 2.75) is 64.8 Å². The molecule has 0 amide bonds. The van der Waals surface area contributed by atoms with E-state index in [1.54, 1.807) is 7.05 Å². The maximum absolute atomic E-state index is 5.30. The topological polar surface area (TPSA) is 78.6 Å². The van der Waals surface area contributed by atoms with Crippen molar-refractivity contribution in [3.8, 4) is 0 Å². The van der Waals surface area contributed by atoms with Crippen LogP contribution < -0.4 is 10.6 Å². The summed E-state index contributed by atoms with van der Waals surface area (Å²) in [6.07, 6.45) is 6.59. The quantitative estimate of drug-likeness (QED) is 0.283. The van der Waals surface area contributed by atoms with Gasteiger partial charge in [0.1, 0.15) is 0 Å². The summed E-state index contributed by atoms with van der Waals surface area (Å²) < 4.78 is 5.30. The Labute approximate surface area is 174 Å². The number of guanidine groups is 1. The van der Waals surface area contributed by atoms with Crippen LogP contribution in [0.1, 0.15) is 64.6 Å². The Bertz CT molecular complexity index is 532. The standard InChI is InChI=1S/C18H34N6O.HI/c1-18(2,3)16-22-15(23-25-16)14-21-17(19-4)20-10-9-13-24-11-7-5-6-8-12-24;/h5-14H2,1-4H3,(H2,19,20,21);1H. The number of rotatable bonds is 6. The summed E-state index contributed by atoms with van der Waals surface area (Å²) in [6, 6.07) is 0. The normalized spacial score (nSPS) is 16.7. The molecule has 1 aliphatic heterocycles. The summed E-state index contributed by atoms with van der Waals surface area (Å²) in [7, 11) is 1.78. The summed E-state index contributed by atoms with van der Waals surface area (Å²) in [5, 5.41) is 10.6. The number of likely N-dealkylation sites (tertiary alicyclic amines) is 1. The molecule has 2 rings (SSSR count). The van der Waals surface area contributed by atoms with Crippen molar-refractivity contribution in [2.24, 2.45) is 4.99 Å². The van der Waals surface area contributed by atoms with E-state index in [0.717, 1.165) is 25.5 Å². The number of nitrogens with one attached hydrogen (secondary N) is 2. The molecule has 2 N–H and O–H groups in total. The van der Waals surface area contributed by atoms with Gasteiger partial charge in [0, 0.05) is 19.0 Å². The van der Waals surface area contributed by atoms with Crippen LogP contribution in [-0.2, 0) is 12.0 Å². The number of aromatic nitrogens is 2. The van der Waals surface area contributed by atoms with Crippen molar-refractivity contribution < 1.29 is 4.52 Å². The lowest BCUT2D eigenvalue weighted by Crippen LogP contribution is -2.38. The zero-order valence-electron chi connectivity index (χ0n) is 16.7. The molecule has 8 heteroatoms. The smallest absolute Gasteiger partial charge is 0.232 e. The molecule has 1 aromatic rings. The molecule has 1 saturated heterocycles. The van der Waals surface area contributed by atoms with Crippen LogP contribution in [0.5, 0.6) is 0 Å². The lowest BCUT2D eigenvalue weighted by atomic mass is 9.97. The van der Waals surface area contributed by atoms with Gasteiger partial charge in [0.25, 0.3) is 0 Å². The molecule has 0 spiro atoms. The van der Waals surface area contributed by atoms with Gasteiger partial charge in [-0.05, 0) is 38.9 Å². The summed E-state index contributed by atoms with van der Waals surface area (Å²) in [6.45, 7) is 11.3. The molecule has 0 aromatic carbocycles. The molecule has 0 bridgehead atoms. The van der Waals surface area contributed by atoms with Crippen LogP contribution in [-0.4, -0.2) is 54.2 Å². The van der Waals surface area contributed by atoms with E-state index in [1.807, 2.05) is 0 Å². The monoisotopic (exact) mass is 478 g/mol. The molecule has 0 radical (unpaired) electrons. The first-order valence-corrected chi connectivity index (χ1v) is 9.49. The third-order valence-electron chi connectivity index (χ3n) is 4.39. The molecule has 0 saturated carbocycles. The number of hydrogen-bond acceptors (Lipinski definition) is 5. The SMILES string of the molecule is CN=C(NCCCN1CCCCCC1)NCc1noc(C(C)(C)C)n1.I. The maximum Gasteiger partial charge on any atom is 0.232 e. The summed E-state index contributed by atoms with van der Waals surface area (Å²) >= 11 is 0.